The number of nitrogens with zero attached hydrogens (tertiary/aromatic N) is 3. The summed E-state index contributed by atoms with van der Waals surface area (Å²) in [7, 11) is 0. The van der Waals surface area contributed by atoms with E-state index in [1.165, 1.54) is 11.8 Å². The second-order valence-corrected chi connectivity index (χ2v) is 7.06. The molecule has 0 saturated carbocycles. The van der Waals surface area contributed by atoms with Crippen molar-refractivity contribution in [2.24, 2.45) is 5.92 Å². The minimum atomic E-state index is -0.436. The van der Waals surface area contributed by atoms with Gasteiger partial charge in [0.2, 0.25) is 5.91 Å². The molecular formula is C20H24N4O3. The van der Waals surface area contributed by atoms with Gasteiger partial charge in [-0.15, -0.1) is 0 Å². The van der Waals surface area contributed by atoms with Gasteiger partial charge in [-0.25, -0.2) is 4.98 Å². The Morgan fingerprint density at radius 2 is 1.93 bits per heavy atom. The van der Waals surface area contributed by atoms with Gasteiger partial charge in [-0.1, -0.05) is 29.8 Å². The average Bonchev–Trinajstić information content (AvgIpc) is 2.67. The van der Waals surface area contributed by atoms with E-state index >= 15 is 0 Å². The summed E-state index contributed by atoms with van der Waals surface area (Å²) in [5.41, 5.74) is 3.08. The van der Waals surface area contributed by atoms with Crippen LogP contribution in [0.4, 0.5) is 11.5 Å². The molecule has 3 rings (SSSR count). The van der Waals surface area contributed by atoms with Crippen LogP contribution in [0.25, 0.3) is 0 Å². The molecule has 1 fully saturated rings. The molecule has 0 bridgehead atoms. The first-order valence-corrected chi connectivity index (χ1v) is 9.13. The molecule has 0 unspecified atom stereocenters. The van der Waals surface area contributed by atoms with Gasteiger partial charge in [0.15, 0.2) is 0 Å². The molecule has 1 aromatic heterocycles. The molecule has 2 aromatic rings. The number of rotatable bonds is 5. The van der Waals surface area contributed by atoms with Crippen molar-refractivity contribution in [2.45, 2.75) is 33.2 Å². The fraction of sp³-hybridized carbons (Fsp3) is 0.400. The van der Waals surface area contributed by atoms with Gasteiger partial charge in [0, 0.05) is 31.6 Å². The van der Waals surface area contributed by atoms with Crippen molar-refractivity contribution in [3.63, 3.8) is 0 Å². The Morgan fingerprint density at radius 1 is 1.26 bits per heavy atom. The topological polar surface area (TPSA) is 88.4 Å². The van der Waals surface area contributed by atoms with E-state index in [9.17, 15) is 14.9 Å². The smallest absolute Gasteiger partial charge is 0.287 e. The zero-order valence-corrected chi connectivity index (χ0v) is 15.6. The van der Waals surface area contributed by atoms with Crippen LogP contribution in [0.3, 0.4) is 0 Å². The first-order chi connectivity index (χ1) is 12.9. The molecule has 142 valence electrons. The second-order valence-electron chi connectivity index (χ2n) is 7.06. The Kier molecular flexibility index (Phi) is 5.69. The standard InChI is InChI=1S/C20H24N4O3/c1-14-3-5-16(6-4-14)12-22-20(25)17-7-9-23(10-8-17)19-15(2)11-18(13-21-19)24(26)27/h3-6,11,13,17H,7-10,12H2,1-2H3,(H,22,25). The number of anilines is 1. The quantitative estimate of drug-likeness (QED) is 0.647. The zero-order valence-electron chi connectivity index (χ0n) is 15.6. The maximum atomic E-state index is 12.4. The van der Waals surface area contributed by atoms with Crippen molar-refractivity contribution in [1.82, 2.24) is 10.3 Å². The van der Waals surface area contributed by atoms with E-state index in [0.29, 0.717) is 19.6 Å². The Hall–Kier alpha value is -2.96. The van der Waals surface area contributed by atoms with Gasteiger partial charge in [-0.05, 0) is 37.8 Å². The van der Waals surface area contributed by atoms with Crippen LogP contribution in [0.5, 0.6) is 0 Å². The number of nitrogens with one attached hydrogen (secondary N) is 1. The molecule has 1 aliphatic heterocycles. The van der Waals surface area contributed by atoms with E-state index in [0.717, 1.165) is 29.8 Å². The number of aryl methyl sites for hydroxylation is 2. The summed E-state index contributed by atoms with van der Waals surface area (Å²) in [6, 6.07) is 9.68. The molecule has 1 aromatic carbocycles. The van der Waals surface area contributed by atoms with E-state index in [2.05, 4.69) is 15.2 Å². The first kappa shape index (κ1) is 18.8. The lowest BCUT2D eigenvalue weighted by Crippen LogP contribution is -2.41. The molecular weight excluding hydrogens is 344 g/mol. The lowest BCUT2D eigenvalue weighted by Gasteiger charge is -2.32. The number of nitro groups is 1. The molecule has 27 heavy (non-hydrogen) atoms. The Balaban J connectivity index is 1.53. The molecule has 7 nitrogen and oxygen atoms in total. The molecule has 2 heterocycles. The van der Waals surface area contributed by atoms with Gasteiger partial charge in [-0.3, -0.25) is 14.9 Å². The largest absolute Gasteiger partial charge is 0.356 e. The van der Waals surface area contributed by atoms with Gasteiger partial charge >= 0.3 is 0 Å². The third-order valence-electron chi connectivity index (χ3n) is 5.00. The van der Waals surface area contributed by atoms with E-state index in [1.807, 2.05) is 38.1 Å². The van der Waals surface area contributed by atoms with Crippen molar-refractivity contribution in [1.29, 1.82) is 0 Å². The minimum absolute atomic E-state index is 0.00150. The molecule has 7 heteroatoms. The van der Waals surface area contributed by atoms with Crippen molar-refractivity contribution in [2.75, 3.05) is 18.0 Å². The number of carbonyl (C=O) groups excluding carboxylic acids is 1. The van der Waals surface area contributed by atoms with E-state index in [-0.39, 0.29) is 17.5 Å². The maximum Gasteiger partial charge on any atom is 0.287 e. The van der Waals surface area contributed by atoms with Gasteiger partial charge < -0.3 is 10.2 Å². The third kappa shape index (κ3) is 4.61. The summed E-state index contributed by atoms with van der Waals surface area (Å²) in [5, 5.41) is 13.9. The zero-order chi connectivity index (χ0) is 19.4. The monoisotopic (exact) mass is 368 g/mol. The summed E-state index contributed by atoms with van der Waals surface area (Å²) in [6.07, 6.45) is 2.79. The number of hydrogen-bond acceptors (Lipinski definition) is 5. The number of piperidine rings is 1. The van der Waals surface area contributed by atoms with Crippen LogP contribution in [0.2, 0.25) is 0 Å². The summed E-state index contributed by atoms with van der Waals surface area (Å²) >= 11 is 0. The van der Waals surface area contributed by atoms with Crippen molar-refractivity contribution in [3.8, 4) is 0 Å². The highest BCUT2D eigenvalue weighted by Crippen LogP contribution is 2.26. The van der Waals surface area contributed by atoms with E-state index in [4.69, 9.17) is 0 Å². The highest BCUT2D eigenvalue weighted by atomic mass is 16.6. The summed E-state index contributed by atoms with van der Waals surface area (Å²) in [6.45, 7) is 5.85. The maximum absolute atomic E-state index is 12.4. The van der Waals surface area contributed by atoms with Gasteiger partial charge in [0.25, 0.3) is 5.69 Å². The number of benzene rings is 1. The Bertz CT molecular complexity index is 828. The SMILES string of the molecule is Cc1ccc(CNC(=O)C2CCN(c3ncc([N+](=O)[O-])cc3C)CC2)cc1. The number of amides is 1. The molecule has 0 spiro atoms. The highest BCUT2D eigenvalue weighted by molar-refractivity contribution is 5.79. The van der Waals surface area contributed by atoms with Gasteiger partial charge in [-0.2, -0.15) is 0 Å². The van der Waals surface area contributed by atoms with Crippen molar-refractivity contribution < 1.29 is 9.72 Å². The Morgan fingerprint density at radius 3 is 2.52 bits per heavy atom. The molecule has 1 N–H and O–H groups in total. The van der Waals surface area contributed by atoms with Crippen LogP contribution in [0.1, 0.15) is 29.5 Å². The number of aromatic nitrogens is 1. The molecule has 1 amide bonds. The summed E-state index contributed by atoms with van der Waals surface area (Å²) in [4.78, 5) is 29.2. The van der Waals surface area contributed by atoms with Gasteiger partial charge in [0.1, 0.15) is 12.0 Å². The van der Waals surface area contributed by atoms with E-state index in [1.54, 1.807) is 6.07 Å². The lowest BCUT2D eigenvalue weighted by atomic mass is 9.95. The van der Waals surface area contributed by atoms with Crippen LogP contribution in [0.15, 0.2) is 36.5 Å². The molecule has 0 atom stereocenters. The van der Waals surface area contributed by atoms with Crippen LogP contribution in [0, 0.1) is 29.9 Å². The second kappa shape index (κ2) is 8.16. The predicted octanol–water partition coefficient (Wildman–Crippen LogP) is 3.14. The molecule has 0 radical (unpaired) electrons. The third-order valence-corrected chi connectivity index (χ3v) is 5.00. The molecule has 0 aliphatic carbocycles. The van der Waals surface area contributed by atoms with E-state index < -0.39 is 4.92 Å². The van der Waals surface area contributed by atoms with Crippen molar-refractivity contribution >= 4 is 17.4 Å². The number of carbonyl (C=O) groups is 1. The van der Waals surface area contributed by atoms with Gasteiger partial charge in [0.05, 0.1) is 4.92 Å². The lowest BCUT2D eigenvalue weighted by molar-refractivity contribution is -0.385. The number of hydrogen-bond donors (Lipinski definition) is 1. The normalized spacial score (nSPS) is 14.8. The fourth-order valence-corrected chi connectivity index (χ4v) is 3.38. The molecule has 1 saturated heterocycles. The van der Waals surface area contributed by atoms with Crippen LogP contribution in [-0.4, -0.2) is 28.9 Å². The van der Waals surface area contributed by atoms with Crippen LogP contribution < -0.4 is 10.2 Å². The first-order valence-electron chi connectivity index (χ1n) is 9.13. The number of pyridine rings is 1. The predicted molar refractivity (Wildman–Crippen MR) is 104 cm³/mol. The van der Waals surface area contributed by atoms with Crippen LogP contribution in [-0.2, 0) is 11.3 Å². The highest BCUT2D eigenvalue weighted by Gasteiger charge is 2.26. The Labute approximate surface area is 158 Å². The summed E-state index contributed by atoms with van der Waals surface area (Å²) in [5.74, 6) is 0.841. The van der Waals surface area contributed by atoms with Crippen molar-refractivity contribution in [3.05, 3.63) is 63.3 Å². The minimum Gasteiger partial charge on any atom is -0.356 e. The summed E-state index contributed by atoms with van der Waals surface area (Å²) < 4.78 is 0. The van der Waals surface area contributed by atoms with Crippen LogP contribution >= 0.6 is 0 Å². The average molecular weight is 368 g/mol. The fourth-order valence-electron chi connectivity index (χ4n) is 3.38. The molecule has 1 aliphatic rings.